The molecule has 0 aromatic heterocycles. The summed E-state index contributed by atoms with van der Waals surface area (Å²) < 4.78 is 109. The molecule has 0 spiro atoms. The fraction of sp³-hybridized carbons (Fsp3) is 0.0690. The minimum absolute atomic E-state index is 0.179. The van der Waals surface area contributed by atoms with Gasteiger partial charge in [0.2, 0.25) is 9.84 Å². The number of rotatable bonds is 2. The lowest BCUT2D eigenvalue weighted by atomic mass is 9.90. The molecular weight excluding hydrogens is 540 g/mol. The summed E-state index contributed by atoms with van der Waals surface area (Å²) in [6.07, 6.45) is -9.66. The van der Waals surface area contributed by atoms with Gasteiger partial charge in [0.05, 0.1) is 15.4 Å². The maximum atomic E-state index is 14.0. The lowest BCUT2D eigenvalue weighted by Crippen LogP contribution is -2.20. The Bertz CT molecular complexity index is 1780. The second-order valence-electron chi connectivity index (χ2n) is 8.73. The molecule has 39 heavy (non-hydrogen) atoms. The van der Waals surface area contributed by atoms with Crippen LogP contribution in [0.15, 0.2) is 106 Å². The van der Waals surface area contributed by atoms with Crippen LogP contribution in [0.2, 0.25) is 0 Å². The molecule has 5 rings (SSSR count). The molecule has 0 N–H and O–H groups in total. The normalized spacial score (nSPS) is 15.6. The molecule has 0 atom stereocenters. The van der Waals surface area contributed by atoms with Gasteiger partial charge >= 0.3 is 12.4 Å². The van der Waals surface area contributed by atoms with Crippen LogP contribution in [0.5, 0.6) is 0 Å². The van der Waals surface area contributed by atoms with Crippen LogP contribution in [0.4, 0.5) is 26.3 Å². The number of hydrogen-bond acceptors (Lipinski definition) is 3. The molecule has 0 amide bonds. The van der Waals surface area contributed by atoms with E-state index < -0.39 is 48.7 Å². The third-order valence-corrected chi connectivity index (χ3v) is 8.21. The highest BCUT2D eigenvalue weighted by atomic mass is 32.2. The molecule has 0 unspecified atom stereocenters. The van der Waals surface area contributed by atoms with Crippen LogP contribution < -0.4 is 0 Å². The van der Waals surface area contributed by atoms with Crippen molar-refractivity contribution >= 4 is 15.4 Å². The van der Waals surface area contributed by atoms with Gasteiger partial charge in [-0.1, -0.05) is 66.7 Å². The van der Waals surface area contributed by atoms with E-state index in [9.17, 15) is 40.0 Å². The number of sulfone groups is 1. The largest absolute Gasteiger partial charge is 0.426 e. The SMILES string of the molecule is N#C/C(=C1/c2ccc(-c3ccccc3)cc2S(=O)(=O)c2cc(-c3ccc(C(F)(F)F)cc3)ccc21)C(F)(F)F. The maximum Gasteiger partial charge on any atom is 0.426 e. The molecule has 0 saturated heterocycles. The number of hydrogen-bond donors (Lipinski definition) is 0. The summed E-state index contributed by atoms with van der Waals surface area (Å²) in [7, 11) is -4.40. The molecule has 0 saturated carbocycles. The summed E-state index contributed by atoms with van der Waals surface area (Å²) in [6, 6.07) is 21.3. The smallest absolute Gasteiger partial charge is 0.218 e. The van der Waals surface area contributed by atoms with Crippen LogP contribution in [0.1, 0.15) is 16.7 Å². The third kappa shape index (κ3) is 4.59. The average Bonchev–Trinajstić information content (AvgIpc) is 2.90. The Kier molecular flexibility index (Phi) is 6.15. The molecule has 1 heterocycles. The number of benzene rings is 4. The van der Waals surface area contributed by atoms with Crippen molar-refractivity contribution in [3.8, 4) is 28.3 Å². The van der Waals surface area contributed by atoms with Crippen LogP contribution in [0.3, 0.4) is 0 Å². The summed E-state index contributed by atoms with van der Waals surface area (Å²) in [5.41, 5.74) is -2.17. The van der Waals surface area contributed by atoms with Crippen molar-refractivity contribution in [1.82, 2.24) is 0 Å². The Hall–Kier alpha value is -4.36. The first-order chi connectivity index (χ1) is 18.3. The molecule has 0 bridgehead atoms. The van der Waals surface area contributed by atoms with Crippen molar-refractivity contribution in [1.29, 1.82) is 5.26 Å². The van der Waals surface area contributed by atoms with Crippen LogP contribution in [0, 0.1) is 11.3 Å². The number of halogens is 6. The number of allylic oxidation sites excluding steroid dienone is 1. The number of nitriles is 1. The van der Waals surface area contributed by atoms with E-state index in [1.165, 1.54) is 30.3 Å². The van der Waals surface area contributed by atoms with E-state index in [2.05, 4.69) is 0 Å². The van der Waals surface area contributed by atoms with E-state index in [0.29, 0.717) is 11.1 Å². The zero-order valence-corrected chi connectivity index (χ0v) is 20.4. The maximum absolute atomic E-state index is 14.0. The predicted molar refractivity (Wildman–Crippen MR) is 132 cm³/mol. The zero-order chi connectivity index (χ0) is 28.2. The van der Waals surface area contributed by atoms with Gasteiger partial charge in [-0.3, -0.25) is 0 Å². The van der Waals surface area contributed by atoms with Crippen molar-refractivity contribution in [2.75, 3.05) is 0 Å². The highest BCUT2D eigenvalue weighted by Gasteiger charge is 2.42. The second kappa shape index (κ2) is 9.13. The lowest BCUT2D eigenvalue weighted by Gasteiger charge is -2.25. The molecule has 0 aliphatic carbocycles. The van der Waals surface area contributed by atoms with Crippen molar-refractivity contribution < 1.29 is 34.8 Å². The van der Waals surface area contributed by atoms with Crippen molar-refractivity contribution in [3.05, 3.63) is 113 Å². The fourth-order valence-corrected chi connectivity index (χ4v) is 6.26. The van der Waals surface area contributed by atoms with E-state index in [-0.39, 0.29) is 22.3 Å². The molecule has 196 valence electrons. The van der Waals surface area contributed by atoms with Gasteiger partial charge in [-0.25, -0.2) is 8.42 Å². The van der Waals surface area contributed by atoms with Gasteiger partial charge in [0.15, 0.2) is 0 Å². The van der Waals surface area contributed by atoms with Crippen molar-refractivity contribution in [3.63, 3.8) is 0 Å². The summed E-state index contributed by atoms with van der Waals surface area (Å²) in [4.78, 5) is -0.891. The van der Waals surface area contributed by atoms with Gasteiger partial charge < -0.3 is 0 Å². The van der Waals surface area contributed by atoms with E-state index >= 15 is 0 Å². The fourth-order valence-electron chi connectivity index (χ4n) is 4.54. The van der Waals surface area contributed by atoms with Gasteiger partial charge in [-0.15, -0.1) is 0 Å². The summed E-state index contributed by atoms with van der Waals surface area (Å²) >= 11 is 0. The van der Waals surface area contributed by atoms with Gasteiger partial charge in [-0.05, 0) is 46.5 Å². The summed E-state index contributed by atoms with van der Waals surface area (Å²) in [5, 5.41) is 9.48. The van der Waals surface area contributed by atoms with E-state index in [0.717, 1.165) is 36.4 Å². The van der Waals surface area contributed by atoms with Crippen LogP contribution in [-0.2, 0) is 16.0 Å². The number of alkyl halides is 6. The molecular formula is C29H15F6NO2S. The van der Waals surface area contributed by atoms with Gasteiger partial charge in [0, 0.05) is 16.7 Å². The Morgan fingerprint density at radius 2 is 1.10 bits per heavy atom. The first kappa shape index (κ1) is 26.3. The van der Waals surface area contributed by atoms with E-state index in [1.54, 1.807) is 30.3 Å². The Balaban J connectivity index is 1.78. The van der Waals surface area contributed by atoms with Crippen LogP contribution >= 0.6 is 0 Å². The topological polar surface area (TPSA) is 57.9 Å². The first-order valence-electron chi connectivity index (χ1n) is 11.3. The minimum Gasteiger partial charge on any atom is -0.218 e. The third-order valence-electron chi connectivity index (χ3n) is 6.38. The zero-order valence-electron chi connectivity index (χ0n) is 19.6. The highest BCUT2D eigenvalue weighted by molar-refractivity contribution is 7.91. The molecule has 0 radical (unpaired) electrons. The molecule has 4 aromatic carbocycles. The van der Waals surface area contributed by atoms with Crippen molar-refractivity contribution in [2.45, 2.75) is 22.1 Å². The molecule has 10 heteroatoms. The molecule has 4 aromatic rings. The number of nitrogens with zero attached hydrogens (tertiary/aromatic N) is 1. The predicted octanol–water partition coefficient (Wildman–Crippen LogP) is 8.07. The molecule has 3 nitrogen and oxygen atoms in total. The monoisotopic (exact) mass is 555 g/mol. The average molecular weight is 555 g/mol. The Morgan fingerprint density at radius 1 is 0.641 bits per heavy atom. The van der Waals surface area contributed by atoms with Gasteiger partial charge in [-0.2, -0.15) is 31.6 Å². The quantitative estimate of drug-likeness (QED) is 0.164. The molecule has 1 aliphatic rings. The molecule has 1 aliphatic heterocycles. The molecule has 0 fully saturated rings. The van der Waals surface area contributed by atoms with E-state index in [1.807, 2.05) is 0 Å². The summed E-state index contributed by atoms with van der Waals surface area (Å²) in [5.74, 6) is 0. The standard InChI is InChI=1S/C29H15F6NO2S/c30-28(31,32)21-10-6-18(7-11-21)20-9-13-23-26(15-20)39(37,38)25-14-19(17-4-2-1-3-5-17)8-12-22(25)27(23)24(16-36)29(33,34)35/h1-15H/b27-24+. The first-order valence-corrected chi connectivity index (χ1v) is 12.8. The van der Waals surface area contributed by atoms with Crippen LogP contribution in [0.25, 0.3) is 27.8 Å². The Labute approximate surface area is 219 Å². The minimum atomic E-state index is -5.08. The second-order valence-corrected chi connectivity index (χ2v) is 10.6. The van der Waals surface area contributed by atoms with E-state index in [4.69, 9.17) is 0 Å². The summed E-state index contributed by atoms with van der Waals surface area (Å²) in [6.45, 7) is 0. The Morgan fingerprint density at radius 3 is 1.54 bits per heavy atom. The van der Waals surface area contributed by atoms with Gasteiger partial charge in [0.1, 0.15) is 11.6 Å². The van der Waals surface area contributed by atoms with Gasteiger partial charge in [0.25, 0.3) is 0 Å². The number of fused-ring (bicyclic) bond motifs is 2. The van der Waals surface area contributed by atoms with Crippen molar-refractivity contribution in [2.24, 2.45) is 0 Å². The highest BCUT2D eigenvalue weighted by Crippen LogP contribution is 2.47. The lowest BCUT2D eigenvalue weighted by molar-refractivity contribution is -0.137. The van der Waals surface area contributed by atoms with Crippen LogP contribution in [-0.4, -0.2) is 14.6 Å².